The van der Waals surface area contributed by atoms with E-state index in [9.17, 15) is 4.79 Å². The number of carbonyl (C=O) groups is 1. The number of amides is 1. The average molecular weight is 349 g/mol. The average Bonchev–Trinajstić information content (AvgIpc) is 3.13. The summed E-state index contributed by atoms with van der Waals surface area (Å²) < 4.78 is 7.46. The summed E-state index contributed by atoms with van der Waals surface area (Å²) in [6.45, 7) is 3.04. The Hall–Kier alpha value is -3.08. The minimum atomic E-state index is 0.0188. The van der Waals surface area contributed by atoms with E-state index in [2.05, 4.69) is 10.4 Å². The SMILES string of the molecule is Cc1cccc(OCCCC(=O)NCc2cnn(-c3ccccc3)c2)c1. The topological polar surface area (TPSA) is 56.1 Å². The highest BCUT2D eigenvalue weighted by Gasteiger charge is 2.04. The first kappa shape index (κ1) is 17.7. The second-order valence-corrected chi connectivity index (χ2v) is 6.17. The summed E-state index contributed by atoms with van der Waals surface area (Å²) in [5, 5.41) is 7.25. The van der Waals surface area contributed by atoms with Gasteiger partial charge in [-0.25, -0.2) is 4.68 Å². The van der Waals surface area contributed by atoms with Crippen LogP contribution in [0.5, 0.6) is 5.75 Å². The second kappa shape index (κ2) is 8.85. The zero-order valence-electron chi connectivity index (χ0n) is 14.9. The second-order valence-electron chi connectivity index (χ2n) is 6.17. The molecule has 0 aliphatic carbocycles. The Labute approximate surface area is 153 Å². The molecule has 0 saturated carbocycles. The van der Waals surface area contributed by atoms with Crippen LogP contribution in [0.15, 0.2) is 67.0 Å². The summed E-state index contributed by atoms with van der Waals surface area (Å²) in [4.78, 5) is 12.0. The molecule has 5 nitrogen and oxygen atoms in total. The lowest BCUT2D eigenvalue weighted by Gasteiger charge is -2.07. The van der Waals surface area contributed by atoms with Crippen LogP contribution >= 0.6 is 0 Å². The Morgan fingerprint density at radius 2 is 2.00 bits per heavy atom. The molecule has 0 atom stereocenters. The molecular weight excluding hydrogens is 326 g/mol. The van der Waals surface area contributed by atoms with E-state index in [4.69, 9.17) is 4.74 Å². The van der Waals surface area contributed by atoms with Gasteiger partial charge in [-0.15, -0.1) is 0 Å². The normalized spacial score (nSPS) is 10.5. The Morgan fingerprint density at radius 1 is 1.15 bits per heavy atom. The number of hydrogen-bond donors (Lipinski definition) is 1. The number of nitrogens with one attached hydrogen (secondary N) is 1. The zero-order valence-corrected chi connectivity index (χ0v) is 14.9. The van der Waals surface area contributed by atoms with Gasteiger partial charge < -0.3 is 10.1 Å². The monoisotopic (exact) mass is 349 g/mol. The standard InChI is InChI=1S/C21H23N3O2/c1-17-7-5-10-20(13-17)26-12-6-11-21(25)22-14-18-15-23-24(16-18)19-8-3-2-4-9-19/h2-5,7-10,13,15-16H,6,11-12,14H2,1H3,(H,22,25). The van der Waals surface area contributed by atoms with Crippen LogP contribution in [-0.2, 0) is 11.3 Å². The van der Waals surface area contributed by atoms with Gasteiger partial charge in [-0.3, -0.25) is 4.79 Å². The van der Waals surface area contributed by atoms with Crippen molar-refractivity contribution in [1.82, 2.24) is 15.1 Å². The van der Waals surface area contributed by atoms with Crippen molar-refractivity contribution < 1.29 is 9.53 Å². The zero-order chi connectivity index (χ0) is 18.2. The molecule has 0 bridgehead atoms. The van der Waals surface area contributed by atoms with Gasteiger partial charge >= 0.3 is 0 Å². The van der Waals surface area contributed by atoms with E-state index in [-0.39, 0.29) is 5.91 Å². The van der Waals surface area contributed by atoms with Crippen LogP contribution in [-0.4, -0.2) is 22.3 Å². The van der Waals surface area contributed by atoms with Crippen LogP contribution < -0.4 is 10.1 Å². The van der Waals surface area contributed by atoms with Gasteiger partial charge in [-0.05, 0) is 43.2 Å². The van der Waals surface area contributed by atoms with Crippen molar-refractivity contribution in [3.05, 3.63) is 78.1 Å². The molecule has 1 heterocycles. The van der Waals surface area contributed by atoms with E-state index in [1.807, 2.05) is 67.7 Å². The Morgan fingerprint density at radius 3 is 2.81 bits per heavy atom. The number of aromatic nitrogens is 2. The maximum Gasteiger partial charge on any atom is 0.220 e. The summed E-state index contributed by atoms with van der Waals surface area (Å²) in [6.07, 6.45) is 4.83. The van der Waals surface area contributed by atoms with Gasteiger partial charge in [0.25, 0.3) is 0 Å². The van der Waals surface area contributed by atoms with Crippen molar-refractivity contribution >= 4 is 5.91 Å². The van der Waals surface area contributed by atoms with E-state index in [1.165, 1.54) is 0 Å². The fourth-order valence-corrected chi connectivity index (χ4v) is 2.59. The fraction of sp³-hybridized carbons (Fsp3) is 0.238. The highest BCUT2D eigenvalue weighted by Crippen LogP contribution is 2.12. The van der Waals surface area contributed by atoms with Crippen LogP contribution in [0, 0.1) is 6.92 Å². The van der Waals surface area contributed by atoms with Crippen molar-refractivity contribution in [3.63, 3.8) is 0 Å². The van der Waals surface area contributed by atoms with Gasteiger partial charge in [0.15, 0.2) is 0 Å². The van der Waals surface area contributed by atoms with E-state index in [1.54, 1.807) is 10.9 Å². The molecular formula is C21H23N3O2. The first-order valence-corrected chi connectivity index (χ1v) is 8.76. The number of carbonyl (C=O) groups excluding carboxylic acids is 1. The number of aryl methyl sites for hydroxylation is 1. The number of nitrogens with zero attached hydrogens (tertiary/aromatic N) is 2. The Bertz CT molecular complexity index is 843. The number of ether oxygens (including phenoxy) is 1. The molecule has 5 heteroatoms. The largest absolute Gasteiger partial charge is 0.494 e. The van der Waals surface area contributed by atoms with Gasteiger partial charge in [0.1, 0.15) is 5.75 Å². The molecule has 1 aromatic heterocycles. The molecule has 0 radical (unpaired) electrons. The van der Waals surface area contributed by atoms with Gasteiger partial charge in [-0.1, -0.05) is 30.3 Å². The van der Waals surface area contributed by atoms with E-state index >= 15 is 0 Å². The fourth-order valence-electron chi connectivity index (χ4n) is 2.59. The molecule has 0 saturated heterocycles. The van der Waals surface area contributed by atoms with E-state index < -0.39 is 0 Å². The number of para-hydroxylation sites is 1. The lowest BCUT2D eigenvalue weighted by Crippen LogP contribution is -2.22. The summed E-state index contributed by atoms with van der Waals surface area (Å²) >= 11 is 0. The lowest BCUT2D eigenvalue weighted by atomic mass is 10.2. The highest BCUT2D eigenvalue weighted by molar-refractivity contribution is 5.75. The molecule has 0 unspecified atom stereocenters. The molecule has 2 aromatic carbocycles. The van der Waals surface area contributed by atoms with Crippen LogP contribution in [0.25, 0.3) is 5.69 Å². The maximum absolute atomic E-state index is 12.0. The third kappa shape index (κ3) is 5.21. The predicted octanol–water partition coefficient (Wildman–Crippen LogP) is 3.66. The molecule has 3 rings (SSSR count). The molecule has 0 aliphatic heterocycles. The van der Waals surface area contributed by atoms with Crippen LogP contribution in [0.2, 0.25) is 0 Å². The number of rotatable bonds is 8. The minimum Gasteiger partial charge on any atom is -0.494 e. The van der Waals surface area contributed by atoms with Crippen molar-refractivity contribution in [1.29, 1.82) is 0 Å². The predicted molar refractivity (Wildman–Crippen MR) is 101 cm³/mol. The van der Waals surface area contributed by atoms with Gasteiger partial charge in [0.2, 0.25) is 5.91 Å². The first-order valence-electron chi connectivity index (χ1n) is 8.76. The van der Waals surface area contributed by atoms with Crippen LogP contribution in [0.3, 0.4) is 0 Å². The smallest absolute Gasteiger partial charge is 0.220 e. The molecule has 134 valence electrons. The van der Waals surface area contributed by atoms with E-state index in [0.29, 0.717) is 26.0 Å². The highest BCUT2D eigenvalue weighted by atomic mass is 16.5. The molecule has 26 heavy (non-hydrogen) atoms. The van der Waals surface area contributed by atoms with Gasteiger partial charge in [0.05, 0.1) is 18.5 Å². The van der Waals surface area contributed by atoms with Crippen molar-refractivity contribution in [2.24, 2.45) is 0 Å². The summed E-state index contributed by atoms with van der Waals surface area (Å²) in [5.41, 5.74) is 3.13. The quantitative estimate of drug-likeness (QED) is 0.632. The van der Waals surface area contributed by atoms with Crippen molar-refractivity contribution in [2.75, 3.05) is 6.61 Å². The summed E-state index contributed by atoms with van der Waals surface area (Å²) in [7, 11) is 0. The number of benzene rings is 2. The molecule has 1 N–H and O–H groups in total. The van der Waals surface area contributed by atoms with Crippen molar-refractivity contribution in [3.8, 4) is 11.4 Å². The lowest BCUT2D eigenvalue weighted by molar-refractivity contribution is -0.121. The molecule has 3 aromatic rings. The first-order chi connectivity index (χ1) is 12.7. The molecule has 0 aliphatic rings. The van der Waals surface area contributed by atoms with Gasteiger partial charge in [-0.2, -0.15) is 5.10 Å². The van der Waals surface area contributed by atoms with Crippen LogP contribution in [0.4, 0.5) is 0 Å². The Balaban J connectivity index is 1.37. The maximum atomic E-state index is 12.0. The summed E-state index contributed by atoms with van der Waals surface area (Å²) in [6, 6.07) is 17.8. The third-order valence-electron chi connectivity index (χ3n) is 3.95. The van der Waals surface area contributed by atoms with Gasteiger partial charge in [0, 0.05) is 24.7 Å². The third-order valence-corrected chi connectivity index (χ3v) is 3.95. The molecule has 1 amide bonds. The van der Waals surface area contributed by atoms with Crippen LogP contribution in [0.1, 0.15) is 24.0 Å². The van der Waals surface area contributed by atoms with Crippen molar-refractivity contribution in [2.45, 2.75) is 26.3 Å². The summed E-state index contributed by atoms with van der Waals surface area (Å²) in [5.74, 6) is 0.865. The van der Waals surface area contributed by atoms with E-state index in [0.717, 1.165) is 22.6 Å². The number of hydrogen-bond acceptors (Lipinski definition) is 3. The Kier molecular flexibility index (Phi) is 6.04. The molecule has 0 spiro atoms. The minimum absolute atomic E-state index is 0.0188. The molecule has 0 fully saturated rings.